The van der Waals surface area contributed by atoms with Gasteiger partial charge in [-0.25, -0.2) is 4.98 Å². The number of thiophene rings is 1. The van der Waals surface area contributed by atoms with E-state index in [9.17, 15) is 4.79 Å². The lowest BCUT2D eigenvalue weighted by Crippen LogP contribution is -2.57. The van der Waals surface area contributed by atoms with Crippen molar-refractivity contribution in [3.63, 3.8) is 0 Å². The minimum absolute atomic E-state index is 0.0572. The number of nitrogens with zero attached hydrogens (tertiary/aromatic N) is 4. The number of hydrogen-bond acceptors (Lipinski definition) is 5. The SMILES string of the molecule is O=C(N[C@H]1CN2CCC1CC2)c1cc2sc(-n3ccnc3)cc2cn1. The minimum atomic E-state index is -0.0572. The van der Waals surface area contributed by atoms with Crippen LogP contribution in [-0.2, 0) is 0 Å². The summed E-state index contributed by atoms with van der Waals surface area (Å²) >= 11 is 1.64. The Hall–Kier alpha value is -2.25. The molecule has 3 aromatic rings. The summed E-state index contributed by atoms with van der Waals surface area (Å²) in [6, 6.07) is 4.23. The van der Waals surface area contributed by atoms with Crippen molar-refractivity contribution in [3.8, 4) is 5.00 Å². The maximum absolute atomic E-state index is 12.7. The molecule has 128 valence electrons. The van der Waals surface area contributed by atoms with Gasteiger partial charge in [-0.2, -0.15) is 0 Å². The van der Waals surface area contributed by atoms with Gasteiger partial charge in [0.2, 0.25) is 0 Å². The molecule has 1 N–H and O–H groups in total. The number of aromatic nitrogens is 3. The molecular formula is C18H19N5OS. The highest BCUT2D eigenvalue weighted by atomic mass is 32.1. The molecule has 2 bridgehead atoms. The lowest BCUT2D eigenvalue weighted by atomic mass is 9.84. The monoisotopic (exact) mass is 353 g/mol. The molecule has 0 unspecified atom stereocenters. The fourth-order valence-corrected chi connectivity index (χ4v) is 4.96. The number of nitrogens with one attached hydrogen (secondary N) is 1. The molecule has 3 fully saturated rings. The largest absolute Gasteiger partial charge is 0.346 e. The average Bonchev–Trinajstić information content (AvgIpc) is 3.31. The lowest BCUT2D eigenvalue weighted by molar-refractivity contribution is 0.0618. The Labute approximate surface area is 149 Å². The third kappa shape index (κ3) is 2.73. The molecule has 1 atom stereocenters. The number of hydrogen-bond donors (Lipinski definition) is 1. The van der Waals surface area contributed by atoms with Crippen molar-refractivity contribution in [1.29, 1.82) is 0 Å². The van der Waals surface area contributed by atoms with E-state index in [1.54, 1.807) is 30.1 Å². The van der Waals surface area contributed by atoms with E-state index in [1.165, 1.54) is 25.9 Å². The van der Waals surface area contributed by atoms with Crippen molar-refractivity contribution < 1.29 is 4.79 Å². The normalized spacial score (nSPS) is 25.4. The summed E-state index contributed by atoms with van der Waals surface area (Å²) in [6.07, 6.45) is 9.62. The molecule has 3 saturated heterocycles. The van der Waals surface area contributed by atoms with Gasteiger partial charge in [0.05, 0.1) is 6.33 Å². The highest BCUT2D eigenvalue weighted by Gasteiger charge is 2.35. The van der Waals surface area contributed by atoms with Gasteiger partial charge in [0.1, 0.15) is 10.7 Å². The lowest BCUT2D eigenvalue weighted by Gasteiger charge is -2.44. The van der Waals surface area contributed by atoms with Gasteiger partial charge in [0.25, 0.3) is 5.91 Å². The summed E-state index contributed by atoms with van der Waals surface area (Å²) in [7, 11) is 0. The summed E-state index contributed by atoms with van der Waals surface area (Å²) in [5.74, 6) is 0.561. The zero-order chi connectivity index (χ0) is 16.8. The summed E-state index contributed by atoms with van der Waals surface area (Å²) < 4.78 is 3.04. The molecule has 0 spiro atoms. The summed E-state index contributed by atoms with van der Waals surface area (Å²) in [6.45, 7) is 3.32. The van der Waals surface area contributed by atoms with Gasteiger partial charge in [0, 0.05) is 41.3 Å². The third-order valence-corrected chi connectivity index (χ3v) is 6.46. The Balaban J connectivity index is 1.38. The van der Waals surface area contributed by atoms with Crippen LogP contribution in [0.5, 0.6) is 0 Å². The third-order valence-electron chi connectivity index (χ3n) is 5.35. The van der Waals surface area contributed by atoms with Gasteiger partial charge in [-0.15, -0.1) is 11.3 Å². The van der Waals surface area contributed by atoms with Crippen LogP contribution >= 0.6 is 11.3 Å². The number of imidazole rings is 1. The Bertz CT molecular complexity index is 911. The van der Waals surface area contributed by atoms with Crippen LogP contribution in [0.3, 0.4) is 0 Å². The van der Waals surface area contributed by atoms with Crippen molar-refractivity contribution >= 4 is 27.3 Å². The zero-order valence-corrected chi connectivity index (χ0v) is 14.6. The van der Waals surface area contributed by atoms with Crippen molar-refractivity contribution in [1.82, 2.24) is 24.8 Å². The van der Waals surface area contributed by atoms with Crippen LogP contribution in [0.2, 0.25) is 0 Å². The second-order valence-corrected chi connectivity index (χ2v) is 7.94. The molecule has 6 nitrogen and oxygen atoms in total. The first-order chi connectivity index (χ1) is 12.3. The zero-order valence-electron chi connectivity index (χ0n) is 13.8. The molecular weight excluding hydrogens is 334 g/mol. The molecule has 1 amide bonds. The number of pyridine rings is 1. The Morgan fingerprint density at radius 2 is 2.16 bits per heavy atom. The predicted octanol–water partition coefficient (Wildman–Crippen LogP) is 2.31. The van der Waals surface area contributed by atoms with Crippen LogP contribution in [-0.4, -0.2) is 51.0 Å². The van der Waals surface area contributed by atoms with E-state index in [1.807, 2.05) is 16.8 Å². The highest BCUT2D eigenvalue weighted by Crippen LogP contribution is 2.29. The second kappa shape index (κ2) is 5.93. The number of carbonyl (C=O) groups excluding carboxylic acids is 1. The molecule has 7 heteroatoms. The Morgan fingerprint density at radius 1 is 1.28 bits per heavy atom. The molecule has 6 heterocycles. The summed E-state index contributed by atoms with van der Waals surface area (Å²) in [4.78, 5) is 23.6. The van der Waals surface area contributed by atoms with Crippen molar-refractivity contribution in [2.75, 3.05) is 19.6 Å². The molecule has 0 saturated carbocycles. The number of carbonyl (C=O) groups is 1. The number of amides is 1. The van der Waals surface area contributed by atoms with Crippen molar-refractivity contribution in [2.24, 2.45) is 5.92 Å². The van der Waals surface area contributed by atoms with E-state index < -0.39 is 0 Å². The van der Waals surface area contributed by atoms with E-state index in [0.29, 0.717) is 11.6 Å². The smallest absolute Gasteiger partial charge is 0.270 e. The number of piperidine rings is 3. The molecule has 3 aliphatic heterocycles. The van der Waals surface area contributed by atoms with Crippen molar-refractivity contribution in [2.45, 2.75) is 18.9 Å². The van der Waals surface area contributed by atoms with Crippen LogP contribution < -0.4 is 5.32 Å². The fraction of sp³-hybridized carbons (Fsp3) is 0.389. The first-order valence-corrected chi connectivity index (χ1v) is 9.49. The van der Waals surface area contributed by atoms with Crippen LogP contribution in [0.4, 0.5) is 0 Å². The van der Waals surface area contributed by atoms with Gasteiger partial charge in [-0.05, 0) is 44.0 Å². The molecule has 0 aromatic carbocycles. The molecule has 0 radical (unpaired) electrons. The van der Waals surface area contributed by atoms with Crippen LogP contribution in [0.15, 0.2) is 37.1 Å². The quantitative estimate of drug-likeness (QED) is 0.785. The van der Waals surface area contributed by atoms with Gasteiger partial charge < -0.3 is 10.2 Å². The van der Waals surface area contributed by atoms with Gasteiger partial charge >= 0.3 is 0 Å². The minimum Gasteiger partial charge on any atom is -0.346 e. The molecule has 3 aromatic heterocycles. The van der Waals surface area contributed by atoms with Crippen LogP contribution in [0, 0.1) is 5.92 Å². The molecule has 3 aliphatic rings. The number of fused-ring (bicyclic) bond motifs is 4. The fourth-order valence-electron chi connectivity index (χ4n) is 3.93. The van der Waals surface area contributed by atoms with E-state index >= 15 is 0 Å². The average molecular weight is 353 g/mol. The Morgan fingerprint density at radius 3 is 2.88 bits per heavy atom. The van der Waals surface area contributed by atoms with Crippen molar-refractivity contribution in [3.05, 3.63) is 42.7 Å². The topological polar surface area (TPSA) is 63.1 Å². The molecule has 25 heavy (non-hydrogen) atoms. The van der Waals surface area contributed by atoms with Crippen LogP contribution in [0.1, 0.15) is 23.3 Å². The first kappa shape index (κ1) is 15.0. The van der Waals surface area contributed by atoms with E-state index in [-0.39, 0.29) is 11.9 Å². The van der Waals surface area contributed by atoms with Gasteiger partial charge in [0.15, 0.2) is 0 Å². The van der Waals surface area contributed by atoms with Gasteiger partial charge in [-0.1, -0.05) is 0 Å². The summed E-state index contributed by atoms with van der Waals surface area (Å²) in [5.41, 5.74) is 0.503. The van der Waals surface area contributed by atoms with E-state index in [4.69, 9.17) is 0 Å². The molecule has 0 aliphatic carbocycles. The number of rotatable bonds is 3. The van der Waals surface area contributed by atoms with Gasteiger partial charge in [-0.3, -0.25) is 14.3 Å². The first-order valence-electron chi connectivity index (χ1n) is 8.67. The summed E-state index contributed by atoms with van der Waals surface area (Å²) in [5, 5.41) is 5.33. The standard InChI is InChI=1S/C18H19N5OS/c24-18(21-15-10-22-4-1-12(15)2-5-22)14-8-16-13(9-20-14)7-17(25-16)23-6-3-19-11-23/h3,6-9,11-12,15H,1-2,4-5,10H2,(H,21,24)/t15-/m0/s1. The van der Waals surface area contributed by atoms with E-state index in [2.05, 4.69) is 26.3 Å². The highest BCUT2D eigenvalue weighted by molar-refractivity contribution is 7.21. The Kier molecular flexibility index (Phi) is 3.57. The predicted molar refractivity (Wildman–Crippen MR) is 97.2 cm³/mol. The van der Waals surface area contributed by atoms with Crippen LogP contribution in [0.25, 0.3) is 15.1 Å². The maximum Gasteiger partial charge on any atom is 0.270 e. The maximum atomic E-state index is 12.7. The molecule has 6 rings (SSSR count). The van der Waals surface area contributed by atoms with E-state index in [0.717, 1.165) is 21.6 Å². The second-order valence-electron chi connectivity index (χ2n) is 6.88.